The van der Waals surface area contributed by atoms with Crippen LogP contribution in [0, 0.1) is 12.3 Å². The van der Waals surface area contributed by atoms with Gasteiger partial charge in [-0.05, 0) is 56.8 Å². The number of nitrogens with zero attached hydrogens (tertiary/aromatic N) is 2. The number of benzene rings is 1. The van der Waals surface area contributed by atoms with E-state index in [-0.39, 0.29) is 11.9 Å². The number of nitrogens with one attached hydrogen (secondary N) is 1. The third kappa shape index (κ3) is 5.57. The molecule has 4 nitrogen and oxygen atoms in total. The highest BCUT2D eigenvalue weighted by molar-refractivity contribution is 5.81. The molecule has 2 saturated heterocycles. The van der Waals surface area contributed by atoms with E-state index in [2.05, 4.69) is 52.2 Å². The molecule has 0 saturated carbocycles. The number of carbonyl (C=O) groups is 1. The van der Waals surface area contributed by atoms with Crippen LogP contribution in [0.4, 0.5) is 0 Å². The van der Waals surface area contributed by atoms with Gasteiger partial charge in [0.2, 0.25) is 5.91 Å². The van der Waals surface area contributed by atoms with Crippen molar-refractivity contribution in [2.45, 2.75) is 70.6 Å². The van der Waals surface area contributed by atoms with Gasteiger partial charge in [-0.15, -0.1) is 6.42 Å². The quantitative estimate of drug-likeness (QED) is 0.785. The molecule has 2 heterocycles. The Morgan fingerprint density at radius 3 is 2.44 bits per heavy atom. The molecule has 4 heteroatoms. The average molecular weight is 368 g/mol. The van der Waals surface area contributed by atoms with Crippen molar-refractivity contribution in [3.8, 4) is 12.3 Å². The molecule has 146 valence electrons. The molecule has 2 unspecified atom stereocenters. The monoisotopic (exact) mass is 367 g/mol. The zero-order valence-corrected chi connectivity index (χ0v) is 16.6. The fourth-order valence-electron chi connectivity index (χ4n) is 4.29. The maximum Gasteiger partial charge on any atom is 0.237 e. The van der Waals surface area contributed by atoms with Crippen LogP contribution in [-0.2, 0) is 17.9 Å². The van der Waals surface area contributed by atoms with E-state index in [1.807, 2.05) is 0 Å². The van der Waals surface area contributed by atoms with Gasteiger partial charge in [-0.25, -0.2) is 0 Å². The zero-order valence-electron chi connectivity index (χ0n) is 16.6. The third-order valence-electron chi connectivity index (χ3n) is 6.03. The number of piperidine rings is 2. The first kappa shape index (κ1) is 19.9. The molecule has 0 spiro atoms. The summed E-state index contributed by atoms with van der Waals surface area (Å²) in [7, 11) is 0. The number of terminal acetylenes is 1. The van der Waals surface area contributed by atoms with Crippen LogP contribution in [-0.4, -0.2) is 47.4 Å². The minimum atomic E-state index is -0.0744. The number of amides is 1. The lowest BCUT2D eigenvalue weighted by atomic mass is 10.0. The fourth-order valence-corrected chi connectivity index (χ4v) is 4.29. The highest BCUT2D eigenvalue weighted by atomic mass is 16.2. The largest absolute Gasteiger partial charge is 0.351 e. The summed E-state index contributed by atoms with van der Waals surface area (Å²) in [6, 6.07) is 9.30. The van der Waals surface area contributed by atoms with Crippen molar-refractivity contribution in [3.05, 3.63) is 35.4 Å². The maximum absolute atomic E-state index is 12.6. The molecule has 2 aliphatic heterocycles. The van der Waals surface area contributed by atoms with Crippen LogP contribution >= 0.6 is 0 Å². The molecule has 0 aromatic heterocycles. The molecular weight excluding hydrogens is 334 g/mol. The Hall–Kier alpha value is -1.83. The van der Waals surface area contributed by atoms with Crippen LogP contribution in [0.2, 0.25) is 0 Å². The van der Waals surface area contributed by atoms with E-state index in [0.717, 1.165) is 37.9 Å². The summed E-state index contributed by atoms with van der Waals surface area (Å²) in [5, 5.41) is 3.11. The Morgan fingerprint density at radius 2 is 1.74 bits per heavy atom. The van der Waals surface area contributed by atoms with E-state index in [1.165, 1.54) is 31.4 Å². The van der Waals surface area contributed by atoms with Gasteiger partial charge in [-0.1, -0.05) is 43.0 Å². The molecule has 0 bridgehead atoms. The lowest BCUT2D eigenvalue weighted by Gasteiger charge is -2.33. The normalized spacial score (nSPS) is 24.3. The van der Waals surface area contributed by atoms with Crippen molar-refractivity contribution in [1.82, 2.24) is 15.1 Å². The first-order valence-electron chi connectivity index (χ1n) is 10.4. The van der Waals surface area contributed by atoms with Gasteiger partial charge in [0.05, 0.1) is 12.6 Å². The first-order chi connectivity index (χ1) is 13.2. The Kier molecular flexibility index (Phi) is 7.32. The molecule has 1 N–H and O–H groups in total. The molecule has 27 heavy (non-hydrogen) atoms. The summed E-state index contributed by atoms with van der Waals surface area (Å²) in [5.41, 5.74) is 2.50. The third-order valence-corrected chi connectivity index (χ3v) is 6.03. The van der Waals surface area contributed by atoms with Crippen molar-refractivity contribution in [2.24, 2.45) is 0 Å². The second-order valence-corrected chi connectivity index (χ2v) is 8.04. The molecule has 0 aliphatic carbocycles. The van der Waals surface area contributed by atoms with Gasteiger partial charge in [0, 0.05) is 19.1 Å². The molecule has 1 aromatic carbocycles. The van der Waals surface area contributed by atoms with Crippen molar-refractivity contribution in [1.29, 1.82) is 0 Å². The van der Waals surface area contributed by atoms with Crippen LogP contribution < -0.4 is 5.32 Å². The molecule has 2 aliphatic rings. The molecule has 1 amide bonds. The second kappa shape index (κ2) is 9.92. The van der Waals surface area contributed by atoms with E-state index in [4.69, 9.17) is 6.42 Å². The Labute approximate surface area is 164 Å². The van der Waals surface area contributed by atoms with E-state index in [9.17, 15) is 4.79 Å². The van der Waals surface area contributed by atoms with Crippen molar-refractivity contribution in [2.75, 3.05) is 19.6 Å². The molecular formula is C23H33N3O. The van der Waals surface area contributed by atoms with Crippen LogP contribution in [0.15, 0.2) is 24.3 Å². The van der Waals surface area contributed by atoms with Crippen molar-refractivity contribution < 1.29 is 4.79 Å². The maximum atomic E-state index is 12.6. The molecule has 3 rings (SSSR count). The SMILES string of the molecule is C#CCN1CCCCC1C(=O)NCc1ccc(CN2CCCCC2C)cc1. The Bertz CT molecular complexity index is 649. The predicted octanol–water partition coefficient (Wildman–Crippen LogP) is 3.16. The van der Waals surface area contributed by atoms with E-state index in [0.29, 0.717) is 19.1 Å². The summed E-state index contributed by atoms with van der Waals surface area (Å²) in [6.45, 7) is 6.62. The number of rotatable bonds is 6. The molecule has 0 radical (unpaired) electrons. The van der Waals surface area contributed by atoms with Gasteiger partial charge in [-0.3, -0.25) is 14.6 Å². The average Bonchev–Trinajstić information content (AvgIpc) is 2.70. The second-order valence-electron chi connectivity index (χ2n) is 8.04. The van der Waals surface area contributed by atoms with Gasteiger partial charge in [0.25, 0.3) is 0 Å². The number of hydrogen-bond donors (Lipinski definition) is 1. The topological polar surface area (TPSA) is 35.6 Å². The van der Waals surface area contributed by atoms with Gasteiger partial charge in [-0.2, -0.15) is 0 Å². The lowest BCUT2D eigenvalue weighted by molar-refractivity contribution is -0.127. The minimum absolute atomic E-state index is 0.0744. The molecule has 2 fully saturated rings. The number of likely N-dealkylation sites (tertiary alicyclic amines) is 2. The summed E-state index contributed by atoms with van der Waals surface area (Å²) in [5.74, 6) is 2.79. The summed E-state index contributed by atoms with van der Waals surface area (Å²) in [6.07, 6.45) is 12.6. The van der Waals surface area contributed by atoms with Gasteiger partial charge >= 0.3 is 0 Å². The highest BCUT2D eigenvalue weighted by Crippen LogP contribution is 2.20. The van der Waals surface area contributed by atoms with Crippen LogP contribution in [0.3, 0.4) is 0 Å². The minimum Gasteiger partial charge on any atom is -0.351 e. The molecule has 2 atom stereocenters. The van der Waals surface area contributed by atoms with Crippen molar-refractivity contribution >= 4 is 5.91 Å². The lowest BCUT2D eigenvalue weighted by Crippen LogP contribution is -2.49. The Balaban J connectivity index is 1.49. The molecule has 1 aromatic rings. The first-order valence-corrected chi connectivity index (χ1v) is 10.4. The van der Waals surface area contributed by atoms with E-state index >= 15 is 0 Å². The van der Waals surface area contributed by atoms with Crippen LogP contribution in [0.25, 0.3) is 0 Å². The summed E-state index contributed by atoms with van der Waals surface area (Å²) < 4.78 is 0. The van der Waals surface area contributed by atoms with Gasteiger partial charge in [0.15, 0.2) is 0 Å². The number of hydrogen-bond acceptors (Lipinski definition) is 3. The number of carbonyl (C=O) groups excluding carboxylic acids is 1. The highest BCUT2D eigenvalue weighted by Gasteiger charge is 2.27. The van der Waals surface area contributed by atoms with Crippen LogP contribution in [0.5, 0.6) is 0 Å². The zero-order chi connectivity index (χ0) is 19.1. The fraction of sp³-hybridized carbons (Fsp3) is 0.609. The summed E-state index contributed by atoms with van der Waals surface area (Å²) in [4.78, 5) is 17.3. The smallest absolute Gasteiger partial charge is 0.237 e. The predicted molar refractivity (Wildman–Crippen MR) is 110 cm³/mol. The van der Waals surface area contributed by atoms with Crippen LogP contribution in [0.1, 0.15) is 56.6 Å². The van der Waals surface area contributed by atoms with Crippen molar-refractivity contribution in [3.63, 3.8) is 0 Å². The van der Waals surface area contributed by atoms with Gasteiger partial charge in [0.1, 0.15) is 0 Å². The van der Waals surface area contributed by atoms with Gasteiger partial charge < -0.3 is 5.32 Å². The van der Waals surface area contributed by atoms with E-state index in [1.54, 1.807) is 0 Å². The standard InChI is InChI=1S/C23H33N3O/c1-3-14-25-15-7-5-9-22(25)23(27)24-17-20-10-12-21(13-11-20)18-26-16-6-4-8-19(26)2/h1,10-13,19,22H,4-9,14-18H2,2H3,(H,24,27). The van der Waals surface area contributed by atoms with E-state index < -0.39 is 0 Å². The Morgan fingerprint density at radius 1 is 1.07 bits per heavy atom. The summed E-state index contributed by atoms with van der Waals surface area (Å²) >= 11 is 0.